The maximum absolute atomic E-state index is 11.2. The summed E-state index contributed by atoms with van der Waals surface area (Å²) in [5.74, 6) is 0.477. The van der Waals surface area contributed by atoms with Crippen LogP contribution in [-0.2, 0) is 20.9 Å². The van der Waals surface area contributed by atoms with Gasteiger partial charge in [-0.3, -0.25) is 4.79 Å². The molecule has 4 nitrogen and oxygen atoms in total. The highest BCUT2D eigenvalue weighted by Gasteiger charge is 2.35. The van der Waals surface area contributed by atoms with Crippen molar-refractivity contribution in [3.8, 4) is 11.1 Å². The number of hydrogen-bond acceptors (Lipinski definition) is 4. The molecule has 0 saturated heterocycles. The number of esters is 1. The van der Waals surface area contributed by atoms with Crippen LogP contribution in [0, 0.1) is 11.8 Å². The van der Waals surface area contributed by atoms with Crippen molar-refractivity contribution in [3.63, 3.8) is 0 Å². The first-order valence-electron chi connectivity index (χ1n) is 11.3. The molecule has 0 bridgehead atoms. The molecule has 0 radical (unpaired) electrons. The Morgan fingerprint density at radius 3 is 2.48 bits per heavy atom. The third-order valence-corrected chi connectivity index (χ3v) is 6.22. The molecule has 0 spiro atoms. The Balaban J connectivity index is 1.48. The summed E-state index contributed by atoms with van der Waals surface area (Å²) in [6, 6.07) is 18.9. The van der Waals surface area contributed by atoms with Gasteiger partial charge in [0.05, 0.1) is 19.8 Å². The third-order valence-electron chi connectivity index (χ3n) is 6.22. The van der Waals surface area contributed by atoms with E-state index >= 15 is 0 Å². The second kappa shape index (κ2) is 12.4. The zero-order valence-electron chi connectivity index (χ0n) is 18.4. The van der Waals surface area contributed by atoms with Gasteiger partial charge in [-0.05, 0) is 60.6 Å². The van der Waals surface area contributed by atoms with Crippen molar-refractivity contribution in [2.75, 3.05) is 13.7 Å². The van der Waals surface area contributed by atoms with Crippen molar-refractivity contribution in [3.05, 3.63) is 72.3 Å². The molecule has 4 heteroatoms. The van der Waals surface area contributed by atoms with Gasteiger partial charge in [0, 0.05) is 13.0 Å². The van der Waals surface area contributed by atoms with Crippen molar-refractivity contribution in [1.29, 1.82) is 0 Å². The standard InChI is InChI=1S/C27H34O4/c1-30-27(29)12-8-3-2-7-11-25-24(19-28)17-18-26(25)31-20-21-13-15-23(16-14-21)22-9-5-4-6-10-22/h2,4-7,9-10,13-16,24-26,28H,3,8,11-12,17-20H2,1H3/b7-2-/t24-,25-,26+/m1/s1. The van der Waals surface area contributed by atoms with Crippen molar-refractivity contribution in [2.24, 2.45) is 11.8 Å². The summed E-state index contributed by atoms with van der Waals surface area (Å²) in [6.45, 7) is 0.809. The molecule has 1 N–H and O–H groups in total. The molecular weight excluding hydrogens is 388 g/mol. The second-order valence-corrected chi connectivity index (χ2v) is 8.27. The number of methoxy groups -OCH3 is 1. The lowest BCUT2D eigenvalue weighted by Gasteiger charge is -2.23. The van der Waals surface area contributed by atoms with Gasteiger partial charge >= 0.3 is 5.97 Å². The fourth-order valence-electron chi connectivity index (χ4n) is 4.35. The number of hydrogen-bond donors (Lipinski definition) is 1. The Morgan fingerprint density at radius 1 is 1.03 bits per heavy atom. The molecule has 31 heavy (non-hydrogen) atoms. The maximum Gasteiger partial charge on any atom is 0.305 e. The van der Waals surface area contributed by atoms with Crippen LogP contribution in [0.2, 0.25) is 0 Å². The topological polar surface area (TPSA) is 55.8 Å². The van der Waals surface area contributed by atoms with Crippen LogP contribution >= 0.6 is 0 Å². The van der Waals surface area contributed by atoms with Crippen LogP contribution in [-0.4, -0.2) is 30.9 Å². The minimum Gasteiger partial charge on any atom is -0.469 e. The Hall–Kier alpha value is -2.43. The van der Waals surface area contributed by atoms with Crippen LogP contribution in [0.15, 0.2) is 66.7 Å². The molecule has 3 atom stereocenters. The molecule has 2 aromatic rings. The van der Waals surface area contributed by atoms with Crippen LogP contribution in [0.4, 0.5) is 0 Å². The molecule has 0 unspecified atom stereocenters. The number of aliphatic hydroxyl groups is 1. The number of ether oxygens (including phenoxy) is 2. The molecular formula is C27H34O4. The average molecular weight is 423 g/mol. The Kier molecular flexibility index (Phi) is 9.32. The largest absolute Gasteiger partial charge is 0.469 e. The molecule has 0 aromatic heterocycles. The molecule has 0 aliphatic heterocycles. The predicted octanol–water partition coefficient (Wildman–Crippen LogP) is 5.55. The molecule has 1 aliphatic carbocycles. The summed E-state index contributed by atoms with van der Waals surface area (Å²) in [4.78, 5) is 11.2. The van der Waals surface area contributed by atoms with Gasteiger partial charge in [-0.2, -0.15) is 0 Å². The van der Waals surface area contributed by atoms with E-state index < -0.39 is 0 Å². The summed E-state index contributed by atoms with van der Waals surface area (Å²) in [5.41, 5.74) is 3.60. The van der Waals surface area contributed by atoms with Gasteiger partial charge < -0.3 is 14.6 Å². The lowest BCUT2D eigenvalue weighted by molar-refractivity contribution is -0.140. The minimum absolute atomic E-state index is 0.158. The Morgan fingerprint density at radius 2 is 1.77 bits per heavy atom. The Bertz CT molecular complexity index is 813. The van der Waals surface area contributed by atoms with Gasteiger partial charge in [-0.1, -0.05) is 66.7 Å². The minimum atomic E-state index is -0.158. The zero-order chi connectivity index (χ0) is 21.9. The van der Waals surface area contributed by atoms with E-state index in [9.17, 15) is 9.90 Å². The molecule has 0 amide bonds. The van der Waals surface area contributed by atoms with Gasteiger partial charge in [0.2, 0.25) is 0 Å². The molecule has 0 heterocycles. The number of unbranched alkanes of at least 4 members (excludes halogenated alkanes) is 1. The second-order valence-electron chi connectivity index (χ2n) is 8.27. The summed E-state index contributed by atoms with van der Waals surface area (Å²) >= 11 is 0. The quantitative estimate of drug-likeness (QED) is 0.293. The number of rotatable bonds is 11. The molecule has 1 saturated carbocycles. The van der Waals surface area contributed by atoms with Crippen molar-refractivity contribution in [2.45, 2.75) is 51.2 Å². The zero-order valence-corrected chi connectivity index (χ0v) is 18.4. The summed E-state index contributed by atoms with van der Waals surface area (Å²) < 4.78 is 11.0. The number of allylic oxidation sites excluding steroid dienone is 2. The smallest absolute Gasteiger partial charge is 0.305 e. The van der Waals surface area contributed by atoms with E-state index in [-0.39, 0.29) is 18.7 Å². The van der Waals surface area contributed by atoms with E-state index in [1.165, 1.54) is 23.8 Å². The monoisotopic (exact) mass is 422 g/mol. The fourth-order valence-corrected chi connectivity index (χ4v) is 4.35. The summed E-state index contributed by atoms with van der Waals surface area (Å²) in [7, 11) is 1.42. The van der Waals surface area contributed by atoms with Crippen LogP contribution in [0.25, 0.3) is 11.1 Å². The van der Waals surface area contributed by atoms with E-state index in [1.54, 1.807) is 0 Å². The van der Waals surface area contributed by atoms with Crippen molar-refractivity contribution < 1.29 is 19.4 Å². The molecule has 166 valence electrons. The van der Waals surface area contributed by atoms with E-state index in [4.69, 9.17) is 4.74 Å². The third kappa shape index (κ3) is 7.05. The number of carbonyl (C=O) groups excluding carboxylic acids is 1. The highest BCUT2D eigenvalue weighted by molar-refractivity contribution is 5.69. The molecule has 1 fully saturated rings. The molecule has 2 aromatic carbocycles. The number of benzene rings is 2. The Labute approximate surface area is 185 Å². The van der Waals surface area contributed by atoms with Crippen LogP contribution in [0.1, 0.15) is 44.1 Å². The van der Waals surface area contributed by atoms with Gasteiger partial charge in [0.1, 0.15) is 0 Å². The van der Waals surface area contributed by atoms with Gasteiger partial charge in [-0.15, -0.1) is 0 Å². The highest BCUT2D eigenvalue weighted by atomic mass is 16.5. The normalized spacial score (nSPS) is 20.9. The van der Waals surface area contributed by atoms with E-state index in [2.05, 4.69) is 65.4 Å². The first kappa shape index (κ1) is 23.2. The summed E-state index contributed by atoms with van der Waals surface area (Å²) in [6.07, 6.45) is 9.52. The highest BCUT2D eigenvalue weighted by Crippen LogP contribution is 2.37. The lowest BCUT2D eigenvalue weighted by atomic mass is 9.91. The number of carbonyl (C=O) groups is 1. The van der Waals surface area contributed by atoms with E-state index in [1.807, 2.05) is 6.07 Å². The van der Waals surface area contributed by atoms with Gasteiger partial charge in [0.25, 0.3) is 0 Å². The van der Waals surface area contributed by atoms with Gasteiger partial charge in [0.15, 0.2) is 0 Å². The van der Waals surface area contributed by atoms with Gasteiger partial charge in [-0.25, -0.2) is 0 Å². The maximum atomic E-state index is 11.2. The summed E-state index contributed by atoms with van der Waals surface area (Å²) in [5, 5.41) is 9.78. The van der Waals surface area contributed by atoms with Crippen molar-refractivity contribution >= 4 is 5.97 Å². The first-order valence-corrected chi connectivity index (χ1v) is 11.3. The van der Waals surface area contributed by atoms with Crippen LogP contribution < -0.4 is 0 Å². The van der Waals surface area contributed by atoms with Crippen LogP contribution in [0.3, 0.4) is 0 Å². The first-order chi connectivity index (χ1) is 15.2. The number of aliphatic hydroxyl groups excluding tert-OH is 1. The predicted molar refractivity (Wildman–Crippen MR) is 123 cm³/mol. The van der Waals surface area contributed by atoms with E-state index in [0.29, 0.717) is 24.9 Å². The molecule has 1 aliphatic rings. The average Bonchev–Trinajstić information content (AvgIpc) is 3.22. The fraction of sp³-hybridized carbons (Fsp3) is 0.444. The van der Waals surface area contributed by atoms with Crippen LogP contribution in [0.5, 0.6) is 0 Å². The SMILES string of the molecule is COC(=O)CCC/C=C\C[C@@H]1[C@@H](CO)CC[C@@H]1OCc1ccc(-c2ccccc2)cc1. The molecule has 3 rings (SSSR count). The lowest BCUT2D eigenvalue weighted by Crippen LogP contribution is -2.23. The van der Waals surface area contributed by atoms with E-state index in [0.717, 1.165) is 32.1 Å². The van der Waals surface area contributed by atoms with Crippen molar-refractivity contribution in [1.82, 2.24) is 0 Å².